The van der Waals surface area contributed by atoms with E-state index in [-0.39, 0.29) is 18.6 Å². The van der Waals surface area contributed by atoms with Crippen LogP contribution >= 0.6 is 0 Å². The van der Waals surface area contributed by atoms with E-state index in [4.69, 9.17) is 14.6 Å². The van der Waals surface area contributed by atoms with E-state index in [2.05, 4.69) is 5.32 Å². The van der Waals surface area contributed by atoms with Crippen LogP contribution in [0.3, 0.4) is 0 Å². The molecule has 0 spiro atoms. The van der Waals surface area contributed by atoms with Gasteiger partial charge < -0.3 is 19.9 Å². The number of carbonyl (C=O) groups excluding carboxylic acids is 1. The first-order valence-corrected chi connectivity index (χ1v) is 5.42. The number of carbonyl (C=O) groups is 1. The molecule has 1 heterocycles. The highest BCUT2D eigenvalue weighted by molar-refractivity contribution is 5.80. The molecule has 5 heteroatoms. The largest absolute Gasteiger partial charge is 0.394 e. The Kier molecular flexibility index (Phi) is 6.31. The second-order valence-corrected chi connectivity index (χ2v) is 3.48. The van der Waals surface area contributed by atoms with E-state index in [0.717, 1.165) is 19.3 Å². The molecule has 2 N–H and O–H groups in total. The lowest BCUT2D eigenvalue weighted by Crippen LogP contribution is -2.39. The summed E-state index contributed by atoms with van der Waals surface area (Å²) in [4.78, 5) is 11.5. The first kappa shape index (κ1) is 12.4. The summed E-state index contributed by atoms with van der Waals surface area (Å²) in [5, 5.41) is 11.2. The highest BCUT2D eigenvalue weighted by Crippen LogP contribution is 2.12. The van der Waals surface area contributed by atoms with Gasteiger partial charge in [-0.15, -0.1) is 0 Å². The molecule has 0 bridgehead atoms. The average molecular weight is 217 g/mol. The zero-order chi connectivity index (χ0) is 10.9. The molecule has 0 radical (unpaired) electrons. The lowest BCUT2D eigenvalue weighted by atomic mass is 10.1. The fourth-order valence-electron chi connectivity index (χ4n) is 1.47. The number of nitrogens with one attached hydrogen (secondary N) is 1. The Labute approximate surface area is 89.8 Å². The summed E-state index contributed by atoms with van der Waals surface area (Å²) >= 11 is 0. The Bertz CT molecular complexity index is 180. The summed E-state index contributed by atoms with van der Waals surface area (Å²) < 4.78 is 10.3. The zero-order valence-corrected chi connectivity index (χ0v) is 8.91. The van der Waals surface area contributed by atoms with Gasteiger partial charge in [0.15, 0.2) is 0 Å². The van der Waals surface area contributed by atoms with Crippen LogP contribution in [-0.2, 0) is 14.3 Å². The van der Waals surface area contributed by atoms with Gasteiger partial charge >= 0.3 is 0 Å². The number of ether oxygens (including phenoxy) is 2. The third kappa shape index (κ3) is 5.11. The van der Waals surface area contributed by atoms with E-state index in [1.807, 2.05) is 0 Å². The molecule has 1 unspecified atom stereocenters. The van der Waals surface area contributed by atoms with Crippen LogP contribution in [0.1, 0.15) is 19.3 Å². The van der Waals surface area contributed by atoms with Crippen LogP contribution in [0.5, 0.6) is 0 Å². The molecule has 0 aromatic heterocycles. The molecule has 0 aliphatic carbocycles. The van der Waals surface area contributed by atoms with Gasteiger partial charge in [-0.2, -0.15) is 0 Å². The summed E-state index contributed by atoms with van der Waals surface area (Å²) in [6.45, 7) is 1.91. The van der Waals surface area contributed by atoms with E-state index in [1.54, 1.807) is 0 Å². The van der Waals surface area contributed by atoms with Gasteiger partial charge in [-0.25, -0.2) is 0 Å². The molecule has 1 atom stereocenters. The molecule has 0 aromatic carbocycles. The smallest absolute Gasteiger partial charge is 0.249 e. The second-order valence-electron chi connectivity index (χ2n) is 3.48. The minimum atomic E-state index is -0.281. The van der Waals surface area contributed by atoms with Crippen molar-refractivity contribution in [1.82, 2.24) is 5.32 Å². The van der Waals surface area contributed by atoms with Crippen LogP contribution < -0.4 is 5.32 Å². The number of rotatable bonds is 6. The van der Waals surface area contributed by atoms with Crippen LogP contribution in [0, 0.1) is 0 Å². The molecular formula is C10H19NO4. The minimum absolute atomic E-state index is 0.0136. The summed E-state index contributed by atoms with van der Waals surface area (Å²) in [5.74, 6) is -0.0534. The van der Waals surface area contributed by atoms with Crippen LogP contribution in [0.2, 0.25) is 0 Å². The molecule has 1 aliphatic heterocycles. The Morgan fingerprint density at radius 3 is 3.00 bits per heavy atom. The van der Waals surface area contributed by atoms with Crippen molar-refractivity contribution >= 4 is 5.91 Å². The molecule has 1 rings (SSSR count). The maximum atomic E-state index is 11.5. The highest BCUT2D eigenvalue weighted by atomic mass is 16.5. The van der Waals surface area contributed by atoms with Crippen molar-refractivity contribution in [2.45, 2.75) is 25.4 Å². The Morgan fingerprint density at radius 1 is 1.47 bits per heavy atom. The maximum Gasteiger partial charge on any atom is 0.249 e. The molecule has 88 valence electrons. The average Bonchev–Trinajstić information content (AvgIpc) is 2.30. The van der Waals surface area contributed by atoms with Gasteiger partial charge in [0.25, 0.3) is 0 Å². The van der Waals surface area contributed by atoms with Crippen molar-refractivity contribution in [3.8, 4) is 0 Å². The Balaban J connectivity index is 2.02. The van der Waals surface area contributed by atoms with E-state index in [9.17, 15) is 4.79 Å². The first-order chi connectivity index (χ1) is 7.34. The number of amides is 1. The van der Waals surface area contributed by atoms with Crippen molar-refractivity contribution in [1.29, 1.82) is 0 Å². The topological polar surface area (TPSA) is 67.8 Å². The lowest BCUT2D eigenvalue weighted by molar-refractivity contribution is -0.135. The minimum Gasteiger partial charge on any atom is -0.394 e. The number of hydrogen-bond acceptors (Lipinski definition) is 4. The summed E-state index contributed by atoms with van der Waals surface area (Å²) in [6.07, 6.45) is 2.63. The summed E-state index contributed by atoms with van der Waals surface area (Å²) in [5.41, 5.74) is 0. The van der Waals surface area contributed by atoms with E-state index in [1.165, 1.54) is 0 Å². The number of aliphatic hydroxyl groups is 1. The van der Waals surface area contributed by atoms with Gasteiger partial charge in [0.1, 0.15) is 6.10 Å². The Morgan fingerprint density at radius 2 is 2.33 bits per heavy atom. The second kappa shape index (κ2) is 7.62. The normalized spacial score (nSPS) is 21.3. The van der Waals surface area contributed by atoms with Gasteiger partial charge in [0.05, 0.1) is 19.8 Å². The fourth-order valence-corrected chi connectivity index (χ4v) is 1.47. The van der Waals surface area contributed by atoms with Crippen molar-refractivity contribution < 1.29 is 19.4 Å². The van der Waals surface area contributed by atoms with Crippen LogP contribution in [-0.4, -0.2) is 50.1 Å². The van der Waals surface area contributed by atoms with E-state index < -0.39 is 0 Å². The first-order valence-electron chi connectivity index (χ1n) is 5.42. The van der Waals surface area contributed by atoms with Crippen molar-refractivity contribution in [2.75, 3.05) is 33.0 Å². The predicted octanol–water partition coefficient (Wildman–Crippen LogP) is -0.319. The summed E-state index contributed by atoms with van der Waals surface area (Å²) in [6, 6.07) is 0. The zero-order valence-electron chi connectivity index (χ0n) is 8.91. The molecule has 5 nitrogen and oxygen atoms in total. The van der Waals surface area contributed by atoms with E-state index >= 15 is 0 Å². The number of hydrogen-bond donors (Lipinski definition) is 2. The summed E-state index contributed by atoms with van der Waals surface area (Å²) in [7, 11) is 0. The SMILES string of the molecule is O=C(NCCOCCO)C1CCCCO1. The predicted molar refractivity (Wildman–Crippen MR) is 54.5 cm³/mol. The molecule has 1 amide bonds. The van der Waals surface area contributed by atoms with Crippen molar-refractivity contribution in [2.24, 2.45) is 0 Å². The standard InChI is InChI=1S/C10H19NO4/c12-5-8-14-7-4-11-10(13)9-3-1-2-6-15-9/h9,12H,1-8H2,(H,11,13). The molecular weight excluding hydrogens is 198 g/mol. The molecule has 1 aliphatic rings. The van der Waals surface area contributed by atoms with Gasteiger partial charge in [-0.05, 0) is 19.3 Å². The molecule has 1 fully saturated rings. The molecule has 1 saturated heterocycles. The Hall–Kier alpha value is -0.650. The van der Waals surface area contributed by atoms with Crippen LogP contribution in [0.4, 0.5) is 0 Å². The molecule has 0 aromatic rings. The maximum absolute atomic E-state index is 11.5. The quantitative estimate of drug-likeness (QED) is 0.598. The van der Waals surface area contributed by atoms with Gasteiger partial charge in [-0.1, -0.05) is 0 Å². The van der Waals surface area contributed by atoms with Crippen molar-refractivity contribution in [3.05, 3.63) is 0 Å². The van der Waals surface area contributed by atoms with Crippen LogP contribution in [0.15, 0.2) is 0 Å². The molecule has 15 heavy (non-hydrogen) atoms. The van der Waals surface area contributed by atoms with Crippen LogP contribution in [0.25, 0.3) is 0 Å². The van der Waals surface area contributed by atoms with Gasteiger partial charge in [0, 0.05) is 13.2 Å². The third-order valence-electron chi connectivity index (χ3n) is 2.25. The lowest BCUT2D eigenvalue weighted by Gasteiger charge is -2.21. The van der Waals surface area contributed by atoms with E-state index in [0.29, 0.717) is 26.4 Å². The number of aliphatic hydroxyl groups excluding tert-OH is 1. The fraction of sp³-hybridized carbons (Fsp3) is 0.900. The third-order valence-corrected chi connectivity index (χ3v) is 2.25. The van der Waals surface area contributed by atoms with Gasteiger partial charge in [0.2, 0.25) is 5.91 Å². The van der Waals surface area contributed by atoms with Crippen molar-refractivity contribution in [3.63, 3.8) is 0 Å². The monoisotopic (exact) mass is 217 g/mol. The molecule has 0 saturated carbocycles. The van der Waals surface area contributed by atoms with Gasteiger partial charge in [-0.3, -0.25) is 4.79 Å². The highest BCUT2D eigenvalue weighted by Gasteiger charge is 2.20.